The second-order valence-electron chi connectivity index (χ2n) is 4.97. The van der Waals surface area contributed by atoms with E-state index in [-0.39, 0.29) is 17.4 Å². The molecule has 1 saturated heterocycles. The van der Waals surface area contributed by atoms with Gasteiger partial charge in [-0.15, -0.1) is 0 Å². The van der Waals surface area contributed by atoms with Crippen LogP contribution in [0.3, 0.4) is 0 Å². The first-order valence-corrected chi connectivity index (χ1v) is 8.16. The van der Waals surface area contributed by atoms with Crippen molar-refractivity contribution >= 4 is 46.0 Å². The molecule has 122 valence electrons. The molecule has 1 heterocycles. The van der Waals surface area contributed by atoms with Crippen LogP contribution >= 0.6 is 24.0 Å². The number of methoxy groups -OCH3 is 1. The average molecular weight is 359 g/mol. The molecule has 2 aromatic rings. The Morgan fingerprint density at radius 3 is 2.71 bits per heavy atom. The Morgan fingerprint density at radius 2 is 2.00 bits per heavy atom. The summed E-state index contributed by atoms with van der Waals surface area (Å²) in [6, 6.07) is 11.2. The minimum atomic E-state index is -0.261. The Morgan fingerprint density at radius 1 is 1.21 bits per heavy atom. The van der Waals surface area contributed by atoms with Crippen LogP contribution in [0.1, 0.15) is 5.56 Å². The lowest BCUT2D eigenvalue weighted by Gasteiger charge is -2.14. The molecule has 1 fully saturated rings. The van der Waals surface area contributed by atoms with Gasteiger partial charge in [0.25, 0.3) is 5.91 Å². The Bertz CT molecular complexity index is 863. The van der Waals surface area contributed by atoms with E-state index in [4.69, 9.17) is 17.0 Å². The second-order valence-corrected chi connectivity index (χ2v) is 6.64. The molecular formula is C17H13NO4S2. The summed E-state index contributed by atoms with van der Waals surface area (Å²) in [7, 11) is 1.46. The van der Waals surface area contributed by atoms with Crippen LogP contribution in [-0.2, 0) is 4.79 Å². The van der Waals surface area contributed by atoms with E-state index in [9.17, 15) is 15.0 Å². The number of rotatable bonds is 3. The van der Waals surface area contributed by atoms with Gasteiger partial charge in [-0.1, -0.05) is 36.1 Å². The van der Waals surface area contributed by atoms with E-state index in [1.807, 2.05) is 0 Å². The smallest absolute Gasteiger partial charge is 0.270 e. The summed E-state index contributed by atoms with van der Waals surface area (Å²) in [5.41, 5.74) is 1.23. The van der Waals surface area contributed by atoms with E-state index < -0.39 is 0 Å². The number of ether oxygens (including phenoxy) is 1. The van der Waals surface area contributed by atoms with E-state index in [2.05, 4.69) is 0 Å². The molecule has 1 aliphatic heterocycles. The Balaban J connectivity index is 1.94. The summed E-state index contributed by atoms with van der Waals surface area (Å²) in [5, 5.41) is 19.2. The fraction of sp³-hybridized carbons (Fsp3) is 0.0588. The van der Waals surface area contributed by atoms with Gasteiger partial charge in [0.1, 0.15) is 5.75 Å². The van der Waals surface area contributed by atoms with Gasteiger partial charge in [-0.3, -0.25) is 9.69 Å². The molecule has 2 N–H and O–H groups in total. The van der Waals surface area contributed by atoms with Gasteiger partial charge in [0.05, 0.1) is 17.7 Å². The predicted molar refractivity (Wildman–Crippen MR) is 98.4 cm³/mol. The zero-order valence-electron chi connectivity index (χ0n) is 12.6. The highest BCUT2D eigenvalue weighted by Gasteiger charge is 2.33. The van der Waals surface area contributed by atoms with Crippen LogP contribution in [0.4, 0.5) is 5.69 Å². The number of phenolic OH excluding ortho intramolecular Hbond substituents is 2. The molecule has 0 atom stereocenters. The van der Waals surface area contributed by atoms with E-state index in [0.717, 1.165) is 0 Å². The van der Waals surface area contributed by atoms with Crippen molar-refractivity contribution in [3.05, 3.63) is 52.9 Å². The lowest BCUT2D eigenvalue weighted by molar-refractivity contribution is -0.113. The van der Waals surface area contributed by atoms with Gasteiger partial charge in [-0.2, -0.15) is 0 Å². The lowest BCUT2D eigenvalue weighted by Crippen LogP contribution is -2.27. The van der Waals surface area contributed by atoms with Crippen molar-refractivity contribution < 1.29 is 19.7 Å². The summed E-state index contributed by atoms with van der Waals surface area (Å²) in [4.78, 5) is 14.5. The Labute approximate surface area is 148 Å². The molecule has 0 bridgehead atoms. The first-order valence-electron chi connectivity index (χ1n) is 6.93. The maximum atomic E-state index is 12.6. The summed E-state index contributed by atoms with van der Waals surface area (Å²) in [6.45, 7) is 0. The second kappa shape index (κ2) is 6.54. The molecule has 0 spiro atoms. The minimum Gasteiger partial charge on any atom is -0.508 e. The van der Waals surface area contributed by atoms with Crippen LogP contribution < -0.4 is 9.64 Å². The maximum Gasteiger partial charge on any atom is 0.270 e. The monoisotopic (exact) mass is 359 g/mol. The van der Waals surface area contributed by atoms with Crippen molar-refractivity contribution in [2.45, 2.75) is 0 Å². The molecule has 7 heteroatoms. The fourth-order valence-electron chi connectivity index (χ4n) is 2.26. The van der Waals surface area contributed by atoms with Gasteiger partial charge in [0.2, 0.25) is 0 Å². The number of thiocarbonyl (C=S) groups is 1. The number of benzene rings is 2. The highest BCUT2D eigenvalue weighted by molar-refractivity contribution is 8.27. The number of anilines is 1. The third kappa shape index (κ3) is 3.08. The highest BCUT2D eigenvalue weighted by atomic mass is 32.2. The number of hydrogen-bond acceptors (Lipinski definition) is 6. The predicted octanol–water partition coefficient (Wildman–Crippen LogP) is 3.51. The van der Waals surface area contributed by atoms with Gasteiger partial charge < -0.3 is 14.9 Å². The van der Waals surface area contributed by atoms with Gasteiger partial charge in [0.15, 0.2) is 15.8 Å². The fourth-order valence-corrected chi connectivity index (χ4v) is 3.56. The molecule has 1 aliphatic rings. The molecule has 24 heavy (non-hydrogen) atoms. The number of carbonyl (C=O) groups excluding carboxylic acids is 1. The lowest BCUT2D eigenvalue weighted by atomic mass is 10.2. The van der Waals surface area contributed by atoms with Crippen molar-refractivity contribution in [3.8, 4) is 17.2 Å². The van der Waals surface area contributed by atoms with E-state index in [0.29, 0.717) is 26.2 Å². The van der Waals surface area contributed by atoms with Crippen molar-refractivity contribution in [2.75, 3.05) is 12.0 Å². The van der Waals surface area contributed by atoms with E-state index in [1.165, 1.54) is 42.0 Å². The quantitative estimate of drug-likeness (QED) is 0.646. The summed E-state index contributed by atoms with van der Waals surface area (Å²) < 4.78 is 5.46. The maximum absolute atomic E-state index is 12.6. The highest BCUT2D eigenvalue weighted by Crippen LogP contribution is 2.37. The third-order valence-electron chi connectivity index (χ3n) is 3.38. The SMILES string of the molecule is COc1cc(C=C2SC(=S)N(c3cccc(O)c3)C2=O)ccc1O. The Kier molecular flexibility index (Phi) is 4.46. The van der Waals surface area contributed by atoms with Gasteiger partial charge >= 0.3 is 0 Å². The molecule has 5 nitrogen and oxygen atoms in total. The Hall–Kier alpha value is -2.51. The number of hydrogen-bond donors (Lipinski definition) is 2. The first-order chi connectivity index (χ1) is 11.5. The number of thioether (sulfide) groups is 1. The number of nitrogens with zero attached hydrogens (tertiary/aromatic N) is 1. The number of aromatic hydroxyl groups is 2. The zero-order chi connectivity index (χ0) is 17.3. The van der Waals surface area contributed by atoms with Gasteiger partial charge in [-0.05, 0) is 35.9 Å². The number of carbonyl (C=O) groups is 1. The van der Waals surface area contributed by atoms with Crippen LogP contribution in [0.15, 0.2) is 47.4 Å². The van der Waals surface area contributed by atoms with E-state index >= 15 is 0 Å². The van der Waals surface area contributed by atoms with Crippen LogP contribution in [0.25, 0.3) is 6.08 Å². The van der Waals surface area contributed by atoms with Crippen molar-refractivity contribution in [3.63, 3.8) is 0 Å². The molecule has 2 aromatic carbocycles. The topological polar surface area (TPSA) is 70.0 Å². The average Bonchev–Trinajstić information content (AvgIpc) is 2.83. The van der Waals surface area contributed by atoms with Crippen molar-refractivity contribution in [1.82, 2.24) is 0 Å². The molecule has 0 radical (unpaired) electrons. The molecule has 3 rings (SSSR count). The summed E-state index contributed by atoms with van der Waals surface area (Å²) >= 11 is 6.47. The van der Waals surface area contributed by atoms with Crippen molar-refractivity contribution in [1.29, 1.82) is 0 Å². The molecule has 0 aliphatic carbocycles. The van der Waals surface area contributed by atoms with Crippen LogP contribution in [0, 0.1) is 0 Å². The minimum absolute atomic E-state index is 0.0296. The summed E-state index contributed by atoms with van der Waals surface area (Å²) in [5.74, 6) is 0.158. The van der Waals surface area contributed by atoms with Crippen molar-refractivity contribution in [2.24, 2.45) is 0 Å². The van der Waals surface area contributed by atoms with Crippen LogP contribution in [-0.4, -0.2) is 27.6 Å². The molecule has 0 unspecified atom stereocenters. The molecule has 0 aromatic heterocycles. The van der Waals surface area contributed by atoms with Crippen LogP contribution in [0.2, 0.25) is 0 Å². The standard InChI is InChI=1S/C17H13NO4S2/c1-22-14-7-10(5-6-13(14)20)8-15-16(21)18(17(23)24-15)11-3-2-4-12(19)9-11/h2-9,19-20H,1H3. The van der Waals surface area contributed by atoms with Gasteiger partial charge in [-0.25, -0.2) is 0 Å². The third-order valence-corrected chi connectivity index (χ3v) is 4.69. The molecule has 0 saturated carbocycles. The molecule has 1 amide bonds. The first kappa shape index (κ1) is 16.4. The largest absolute Gasteiger partial charge is 0.508 e. The number of amides is 1. The molecular weight excluding hydrogens is 346 g/mol. The normalized spacial score (nSPS) is 16.0. The number of phenols is 2. The zero-order valence-corrected chi connectivity index (χ0v) is 14.2. The van der Waals surface area contributed by atoms with E-state index in [1.54, 1.807) is 30.3 Å². The summed E-state index contributed by atoms with van der Waals surface area (Å²) in [6.07, 6.45) is 1.68. The van der Waals surface area contributed by atoms with Gasteiger partial charge in [0, 0.05) is 6.07 Å². The van der Waals surface area contributed by atoms with Crippen LogP contribution in [0.5, 0.6) is 17.2 Å².